The van der Waals surface area contributed by atoms with E-state index in [0.29, 0.717) is 23.1 Å². The summed E-state index contributed by atoms with van der Waals surface area (Å²) in [5.74, 6) is 7.31. The summed E-state index contributed by atoms with van der Waals surface area (Å²) < 4.78 is 0. The Bertz CT molecular complexity index is 850. The minimum absolute atomic E-state index is 0.0757. The highest BCUT2D eigenvalue weighted by atomic mass is 15.4. The zero-order valence-electron chi connectivity index (χ0n) is 14.3. The van der Waals surface area contributed by atoms with E-state index in [9.17, 15) is 0 Å². The molecule has 0 amide bonds. The fourth-order valence-electron chi connectivity index (χ4n) is 2.56. The number of nitrogens with zero attached hydrogens (tertiary/aromatic N) is 3. The van der Waals surface area contributed by atoms with Crippen molar-refractivity contribution in [3.05, 3.63) is 71.9 Å². The first-order valence-electron chi connectivity index (χ1n) is 8.10. The maximum absolute atomic E-state index is 6.23. The van der Waals surface area contributed by atoms with Gasteiger partial charge in [-0.2, -0.15) is 4.98 Å². The Morgan fingerprint density at radius 3 is 2.60 bits per heavy atom. The highest BCUT2D eigenvalue weighted by Gasteiger charge is 2.12. The van der Waals surface area contributed by atoms with E-state index in [2.05, 4.69) is 34.3 Å². The molecule has 0 spiro atoms. The van der Waals surface area contributed by atoms with Gasteiger partial charge in [0.25, 0.3) is 0 Å². The molecular formula is C19H22N6. The number of nitrogens with one attached hydrogen (secondary N) is 1. The van der Waals surface area contributed by atoms with Crippen LogP contribution in [0.25, 0.3) is 0 Å². The van der Waals surface area contributed by atoms with Gasteiger partial charge < -0.3 is 11.1 Å². The average Bonchev–Trinajstić information content (AvgIpc) is 2.64. The van der Waals surface area contributed by atoms with Crippen LogP contribution in [-0.2, 0) is 0 Å². The number of nitrogens with two attached hydrogens (primary N) is 2. The van der Waals surface area contributed by atoms with E-state index < -0.39 is 0 Å². The van der Waals surface area contributed by atoms with Gasteiger partial charge in [-0.05, 0) is 37.1 Å². The average molecular weight is 334 g/mol. The minimum Gasteiger partial charge on any atom is -0.397 e. The standard InChI is InChI=1S/C19H22N6/c1-13-8-9-16(20)17(12-13)25(21)18-10-11-22-19(24-18)23-14(2)15-6-4-3-5-7-15/h3-12,14H,20-21H2,1-2H3,(H,22,23,24)/t14-/m0/s1. The van der Waals surface area contributed by atoms with Gasteiger partial charge in [-0.25, -0.2) is 10.8 Å². The van der Waals surface area contributed by atoms with Crippen molar-refractivity contribution in [3.8, 4) is 0 Å². The lowest BCUT2D eigenvalue weighted by atomic mass is 10.1. The molecule has 0 aliphatic rings. The van der Waals surface area contributed by atoms with Crippen molar-refractivity contribution in [3.63, 3.8) is 0 Å². The molecule has 0 aliphatic heterocycles. The number of rotatable bonds is 5. The molecule has 3 rings (SSSR count). The van der Waals surface area contributed by atoms with E-state index in [1.165, 1.54) is 5.01 Å². The molecule has 0 unspecified atom stereocenters. The van der Waals surface area contributed by atoms with E-state index in [1.54, 1.807) is 12.3 Å². The monoisotopic (exact) mass is 334 g/mol. The number of benzene rings is 2. The Morgan fingerprint density at radius 2 is 1.84 bits per heavy atom. The summed E-state index contributed by atoms with van der Waals surface area (Å²) in [5, 5.41) is 4.77. The maximum Gasteiger partial charge on any atom is 0.225 e. The number of hydrazine groups is 1. The van der Waals surface area contributed by atoms with Gasteiger partial charge in [0.2, 0.25) is 5.95 Å². The number of nitrogen functional groups attached to an aromatic ring is 1. The molecule has 1 heterocycles. The SMILES string of the molecule is Cc1ccc(N)c(N(N)c2ccnc(N[C@@H](C)c3ccccc3)n2)c1. The highest BCUT2D eigenvalue weighted by molar-refractivity contribution is 5.73. The van der Waals surface area contributed by atoms with Crippen LogP contribution in [0.3, 0.4) is 0 Å². The fourth-order valence-corrected chi connectivity index (χ4v) is 2.56. The van der Waals surface area contributed by atoms with Gasteiger partial charge >= 0.3 is 0 Å². The summed E-state index contributed by atoms with van der Waals surface area (Å²) in [7, 11) is 0. The van der Waals surface area contributed by atoms with Gasteiger partial charge in [-0.3, -0.25) is 5.01 Å². The zero-order chi connectivity index (χ0) is 17.8. The minimum atomic E-state index is 0.0757. The molecule has 6 heteroatoms. The van der Waals surface area contributed by atoms with Crippen LogP contribution in [0.15, 0.2) is 60.8 Å². The number of hydrogen-bond donors (Lipinski definition) is 3. The summed E-state index contributed by atoms with van der Waals surface area (Å²) in [4.78, 5) is 8.79. The van der Waals surface area contributed by atoms with Gasteiger partial charge in [0.15, 0.2) is 5.82 Å². The molecule has 3 aromatic rings. The Morgan fingerprint density at radius 1 is 1.08 bits per heavy atom. The van der Waals surface area contributed by atoms with Gasteiger partial charge in [-0.15, -0.1) is 0 Å². The van der Waals surface area contributed by atoms with Crippen LogP contribution in [0.1, 0.15) is 24.1 Å². The lowest BCUT2D eigenvalue weighted by Gasteiger charge is -2.21. The summed E-state index contributed by atoms with van der Waals surface area (Å²) in [6.45, 7) is 4.05. The van der Waals surface area contributed by atoms with Crippen LogP contribution in [0, 0.1) is 6.92 Å². The summed E-state index contributed by atoms with van der Waals surface area (Å²) >= 11 is 0. The van der Waals surface area contributed by atoms with E-state index in [4.69, 9.17) is 11.6 Å². The smallest absolute Gasteiger partial charge is 0.225 e. The molecule has 25 heavy (non-hydrogen) atoms. The summed E-state index contributed by atoms with van der Waals surface area (Å²) in [5.41, 5.74) is 9.58. The van der Waals surface area contributed by atoms with Crippen LogP contribution in [0.4, 0.5) is 23.1 Å². The van der Waals surface area contributed by atoms with Gasteiger partial charge in [-0.1, -0.05) is 36.4 Å². The van der Waals surface area contributed by atoms with Crippen LogP contribution in [0.2, 0.25) is 0 Å². The van der Waals surface area contributed by atoms with Crippen molar-refractivity contribution in [2.75, 3.05) is 16.1 Å². The first-order chi connectivity index (χ1) is 12.0. The molecule has 1 atom stereocenters. The number of aryl methyl sites for hydroxylation is 1. The lowest BCUT2D eigenvalue weighted by Crippen LogP contribution is -2.27. The fraction of sp³-hybridized carbons (Fsp3) is 0.158. The Balaban J connectivity index is 1.82. The zero-order valence-corrected chi connectivity index (χ0v) is 14.3. The third kappa shape index (κ3) is 3.87. The second-order valence-electron chi connectivity index (χ2n) is 5.95. The molecular weight excluding hydrogens is 312 g/mol. The van der Waals surface area contributed by atoms with E-state index in [1.807, 2.05) is 43.3 Å². The molecule has 0 fully saturated rings. The quantitative estimate of drug-likeness (QED) is 0.375. The van der Waals surface area contributed by atoms with Crippen molar-refractivity contribution in [2.45, 2.75) is 19.9 Å². The van der Waals surface area contributed by atoms with Gasteiger partial charge in [0.05, 0.1) is 17.4 Å². The third-order valence-corrected chi connectivity index (χ3v) is 3.98. The maximum atomic E-state index is 6.23. The molecule has 5 N–H and O–H groups in total. The lowest BCUT2D eigenvalue weighted by molar-refractivity contribution is 0.857. The van der Waals surface area contributed by atoms with Crippen molar-refractivity contribution in [1.82, 2.24) is 9.97 Å². The van der Waals surface area contributed by atoms with Crippen LogP contribution >= 0.6 is 0 Å². The molecule has 0 saturated carbocycles. The van der Waals surface area contributed by atoms with Crippen molar-refractivity contribution in [1.29, 1.82) is 0 Å². The van der Waals surface area contributed by atoms with E-state index in [-0.39, 0.29) is 6.04 Å². The molecule has 0 saturated heterocycles. The van der Waals surface area contributed by atoms with E-state index >= 15 is 0 Å². The van der Waals surface area contributed by atoms with Crippen molar-refractivity contribution in [2.24, 2.45) is 5.84 Å². The molecule has 0 radical (unpaired) electrons. The molecule has 1 aromatic heterocycles. The Kier molecular flexibility index (Phi) is 4.81. The molecule has 6 nitrogen and oxygen atoms in total. The number of aromatic nitrogens is 2. The van der Waals surface area contributed by atoms with E-state index in [0.717, 1.165) is 11.1 Å². The Labute approximate surface area is 147 Å². The van der Waals surface area contributed by atoms with Gasteiger partial charge in [0, 0.05) is 12.3 Å². The van der Waals surface area contributed by atoms with Crippen molar-refractivity contribution < 1.29 is 0 Å². The number of anilines is 4. The first-order valence-corrected chi connectivity index (χ1v) is 8.10. The highest BCUT2D eigenvalue weighted by Crippen LogP contribution is 2.28. The summed E-state index contributed by atoms with van der Waals surface area (Å²) in [6.07, 6.45) is 1.67. The topological polar surface area (TPSA) is 93.1 Å². The van der Waals surface area contributed by atoms with Crippen LogP contribution < -0.4 is 21.9 Å². The number of hydrogen-bond acceptors (Lipinski definition) is 6. The normalized spacial score (nSPS) is 11.8. The largest absolute Gasteiger partial charge is 0.397 e. The van der Waals surface area contributed by atoms with Crippen molar-refractivity contribution >= 4 is 23.1 Å². The Hall–Kier alpha value is -3.12. The molecule has 2 aromatic carbocycles. The van der Waals surface area contributed by atoms with Gasteiger partial charge in [0.1, 0.15) is 0 Å². The molecule has 0 aliphatic carbocycles. The third-order valence-electron chi connectivity index (χ3n) is 3.98. The predicted molar refractivity (Wildman–Crippen MR) is 102 cm³/mol. The predicted octanol–water partition coefficient (Wildman–Crippen LogP) is 3.55. The molecule has 0 bridgehead atoms. The second-order valence-corrected chi connectivity index (χ2v) is 5.95. The molecule has 128 valence electrons. The summed E-state index contributed by atoms with van der Waals surface area (Å²) in [6, 6.07) is 17.7. The van der Waals surface area contributed by atoms with Crippen LogP contribution in [-0.4, -0.2) is 9.97 Å². The first kappa shape index (κ1) is 16.7. The van der Waals surface area contributed by atoms with Crippen LogP contribution in [0.5, 0.6) is 0 Å². The second kappa shape index (κ2) is 7.19.